The molecular weight excluding hydrogens is 344 g/mol. The Hall–Kier alpha value is -2.06. The van der Waals surface area contributed by atoms with Crippen molar-refractivity contribution in [2.75, 3.05) is 0 Å². The van der Waals surface area contributed by atoms with E-state index >= 15 is 0 Å². The maximum atomic E-state index is 12.0. The Balaban J connectivity index is 2.87. The molecule has 5 heteroatoms. The molecule has 4 nitrogen and oxygen atoms in total. The second-order valence-electron chi connectivity index (χ2n) is 6.29. The quantitative estimate of drug-likeness (QED) is 0.806. The first-order chi connectivity index (χ1) is 10.1. The van der Waals surface area contributed by atoms with Gasteiger partial charge in [0.1, 0.15) is 17.4 Å². The molecule has 114 valence electrons. The van der Waals surface area contributed by atoms with Crippen molar-refractivity contribution in [3.8, 4) is 22.9 Å². The summed E-state index contributed by atoms with van der Waals surface area (Å²) >= 11 is 3.35. The predicted molar refractivity (Wildman–Crippen MR) is 90.0 cm³/mol. The SMILES string of the molecule is Cc1cc(-c2cc(C(C)(C)C)cc(Br)c2O)c(C#N)c(=O)[nH]1. The smallest absolute Gasteiger partial charge is 0.266 e. The second kappa shape index (κ2) is 5.62. The van der Waals surface area contributed by atoms with Crippen LogP contribution in [-0.4, -0.2) is 10.1 Å². The van der Waals surface area contributed by atoms with Gasteiger partial charge >= 0.3 is 0 Å². The largest absolute Gasteiger partial charge is 0.506 e. The minimum atomic E-state index is -0.450. The van der Waals surface area contributed by atoms with Gasteiger partial charge in [0.2, 0.25) is 0 Å². The van der Waals surface area contributed by atoms with Gasteiger partial charge in [-0.2, -0.15) is 5.26 Å². The maximum Gasteiger partial charge on any atom is 0.266 e. The number of phenolic OH excluding ortho intramolecular Hbond substituents is 1. The van der Waals surface area contributed by atoms with Gasteiger partial charge in [-0.25, -0.2) is 0 Å². The highest BCUT2D eigenvalue weighted by Gasteiger charge is 2.21. The summed E-state index contributed by atoms with van der Waals surface area (Å²) in [5.41, 5.74) is 1.96. The minimum Gasteiger partial charge on any atom is -0.506 e. The summed E-state index contributed by atoms with van der Waals surface area (Å²) < 4.78 is 0.539. The molecule has 0 atom stereocenters. The molecule has 0 fully saturated rings. The number of aromatic nitrogens is 1. The van der Waals surface area contributed by atoms with Crippen LogP contribution in [0.25, 0.3) is 11.1 Å². The van der Waals surface area contributed by atoms with E-state index in [9.17, 15) is 15.2 Å². The summed E-state index contributed by atoms with van der Waals surface area (Å²) in [5.74, 6) is 0.0227. The van der Waals surface area contributed by atoms with Crippen LogP contribution in [0.4, 0.5) is 0 Å². The van der Waals surface area contributed by atoms with Crippen molar-refractivity contribution in [2.45, 2.75) is 33.1 Å². The van der Waals surface area contributed by atoms with E-state index in [-0.39, 0.29) is 16.7 Å². The summed E-state index contributed by atoms with van der Waals surface area (Å²) in [6.45, 7) is 7.92. The van der Waals surface area contributed by atoms with Crippen LogP contribution < -0.4 is 5.56 Å². The predicted octanol–water partition coefficient (Wildman–Crippen LogP) is 3.99. The molecule has 0 bridgehead atoms. The average molecular weight is 361 g/mol. The number of phenols is 1. The fourth-order valence-electron chi connectivity index (χ4n) is 2.25. The Labute approximate surface area is 137 Å². The molecule has 2 rings (SSSR count). The summed E-state index contributed by atoms with van der Waals surface area (Å²) in [4.78, 5) is 14.6. The van der Waals surface area contributed by atoms with Crippen molar-refractivity contribution >= 4 is 15.9 Å². The monoisotopic (exact) mass is 360 g/mol. The lowest BCUT2D eigenvalue weighted by Gasteiger charge is -2.21. The number of aryl methyl sites for hydroxylation is 1. The van der Waals surface area contributed by atoms with E-state index in [4.69, 9.17) is 0 Å². The van der Waals surface area contributed by atoms with E-state index in [0.717, 1.165) is 5.56 Å². The molecule has 0 aliphatic rings. The topological polar surface area (TPSA) is 76.9 Å². The van der Waals surface area contributed by atoms with Gasteiger partial charge in [0, 0.05) is 16.8 Å². The molecule has 1 aromatic heterocycles. The molecule has 0 aliphatic heterocycles. The van der Waals surface area contributed by atoms with Crippen LogP contribution in [0, 0.1) is 18.3 Å². The first-order valence-electron chi connectivity index (χ1n) is 6.82. The van der Waals surface area contributed by atoms with Crippen LogP contribution in [-0.2, 0) is 5.41 Å². The molecule has 1 heterocycles. The number of rotatable bonds is 1. The third-order valence-corrected chi connectivity index (χ3v) is 4.10. The highest BCUT2D eigenvalue weighted by Crippen LogP contribution is 2.40. The van der Waals surface area contributed by atoms with Crippen molar-refractivity contribution in [2.24, 2.45) is 0 Å². The van der Waals surface area contributed by atoms with E-state index in [0.29, 0.717) is 21.3 Å². The molecule has 1 aromatic carbocycles. The summed E-state index contributed by atoms with van der Waals surface area (Å²) in [5, 5.41) is 19.7. The zero-order chi connectivity index (χ0) is 16.7. The number of nitrogens with zero attached hydrogens (tertiary/aromatic N) is 1. The van der Waals surface area contributed by atoms with Crippen LogP contribution in [0.5, 0.6) is 5.75 Å². The summed E-state index contributed by atoms with van der Waals surface area (Å²) in [7, 11) is 0. The van der Waals surface area contributed by atoms with Gasteiger partial charge < -0.3 is 10.1 Å². The highest BCUT2D eigenvalue weighted by atomic mass is 79.9. The molecule has 2 N–H and O–H groups in total. The Bertz CT molecular complexity index is 839. The molecule has 0 unspecified atom stereocenters. The maximum absolute atomic E-state index is 12.0. The average Bonchev–Trinajstić information content (AvgIpc) is 2.39. The van der Waals surface area contributed by atoms with Crippen molar-refractivity contribution in [1.29, 1.82) is 5.26 Å². The van der Waals surface area contributed by atoms with Crippen LogP contribution in [0.1, 0.15) is 37.6 Å². The van der Waals surface area contributed by atoms with E-state index in [1.54, 1.807) is 13.0 Å². The molecular formula is C17H17BrN2O2. The van der Waals surface area contributed by atoms with Gasteiger partial charge in [0.15, 0.2) is 0 Å². The number of hydrogen-bond donors (Lipinski definition) is 2. The Morgan fingerprint density at radius 3 is 2.41 bits per heavy atom. The molecule has 0 amide bonds. The molecule has 2 aromatic rings. The Kier molecular flexibility index (Phi) is 4.17. The Morgan fingerprint density at radius 2 is 1.86 bits per heavy atom. The normalized spacial score (nSPS) is 11.3. The van der Waals surface area contributed by atoms with Gasteiger partial charge in [-0.1, -0.05) is 20.8 Å². The fraction of sp³-hybridized carbons (Fsp3) is 0.294. The van der Waals surface area contributed by atoms with E-state index in [1.165, 1.54) is 0 Å². The number of nitrogens with one attached hydrogen (secondary N) is 1. The van der Waals surface area contributed by atoms with Crippen LogP contribution in [0.2, 0.25) is 0 Å². The lowest BCUT2D eigenvalue weighted by Crippen LogP contribution is -2.14. The van der Waals surface area contributed by atoms with Gasteiger partial charge in [-0.15, -0.1) is 0 Å². The third kappa shape index (κ3) is 2.93. The number of halogens is 1. The van der Waals surface area contributed by atoms with Gasteiger partial charge in [0.25, 0.3) is 5.56 Å². The van der Waals surface area contributed by atoms with Crippen LogP contribution in [0.3, 0.4) is 0 Å². The lowest BCUT2D eigenvalue weighted by atomic mass is 9.85. The van der Waals surface area contributed by atoms with Crippen molar-refractivity contribution < 1.29 is 5.11 Å². The number of H-pyrrole nitrogens is 1. The molecule has 0 radical (unpaired) electrons. The molecule has 0 saturated carbocycles. The van der Waals surface area contributed by atoms with Gasteiger partial charge in [0.05, 0.1) is 4.47 Å². The van der Waals surface area contributed by atoms with E-state index < -0.39 is 5.56 Å². The minimum absolute atomic E-state index is 0.00106. The van der Waals surface area contributed by atoms with E-state index in [2.05, 4.69) is 41.7 Å². The van der Waals surface area contributed by atoms with E-state index in [1.807, 2.05) is 18.2 Å². The van der Waals surface area contributed by atoms with Crippen molar-refractivity contribution in [3.63, 3.8) is 0 Å². The number of pyridine rings is 1. The molecule has 0 saturated heterocycles. The first kappa shape index (κ1) is 16.3. The molecule has 0 aliphatic carbocycles. The van der Waals surface area contributed by atoms with Gasteiger partial charge in [-0.3, -0.25) is 4.79 Å². The number of hydrogen-bond acceptors (Lipinski definition) is 3. The van der Waals surface area contributed by atoms with Crippen LogP contribution in [0.15, 0.2) is 27.5 Å². The number of aromatic hydroxyl groups is 1. The standard InChI is InChI=1S/C17H17BrN2O2/c1-9-5-11(13(8-19)16(22)20-9)12-6-10(17(2,3)4)7-14(18)15(12)21/h5-7,21H,1-4H3,(H,20,22). The van der Waals surface area contributed by atoms with Gasteiger partial charge in [-0.05, 0) is 52.0 Å². The zero-order valence-corrected chi connectivity index (χ0v) is 14.5. The third-order valence-electron chi connectivity index (χ3n) is 3.50. The lowest BCUT2D eigenvalue weighted by molar-refractivity contribution is 0.472. The number of nitriles is 1. The Morgan fingerprint density at radius 1 is 1.23 bits per heavy atom. The molecule has 22 heavy (non-hydrogen) atoms. The van der Waals surface area contributed by atoms with Crippen LogP contribution >= 0.6 is 15.9 Å². The first-order valence-corrected chi connectivity index (χ1v) is 7.62. The van der Waals surface area contributed by atoms with Crippen molar-refractivity contribution in [1.82, 2.24) is 4.98 Å². The number of benzene rings is 1. The highest BCUT2D eigenvalue weighted by molar-refractivity contribution is 9.10. The number of aromatic amines is 1. The summed E-state index contributed by atoms with van der Waals surface area (Å²) in [6.07, 6.45) is 0. The zero-order valence-electron chi connectivity index (χ0n) is 12.9. The summed E-state index contributed by atoms with van der Waals surface area (Å²) in [6, 6.07) is 7.31. The molecule has 0 spiro atoms. The second-order valence-corrected chi connectivity index (χ2v) is 7.14. The fourth-order valence-corrected chi connectivity index (χ4v) is 2.71. The van der Waals surface area contributed by atoms with Crippen molar-refractivity contribution in [3.05, 3.63) is 49.8 Å².